The molecule has 31 rings (SSSR count). The molecule has 1 aliphatic rings. The second-order valence-electron chi connectivity index (χ2n) is 39.3. The van der Waals surface area contributed by atoms with Crippen LogP contribution in [0.25, 0.3) is 279 Å². The van der Waals surface area contributed by atoms with E-state index < -0.39 is 0 Å². The van der Waals surface area contributed by atoms with Crippen molar-refractivity contribution < 1.29 is 0 Å². The fourth-order valence-electron chi connectivity index (χ4n) is 24.0. The van der Waals surface area contributed by atoms with Gasteiger partial charge in [0.05, 0.1) is 87.3 Å². The van der Waals surface area contributed by atoms with Crippen molar-refractivity contribution in [3.05, 3.63) is 503 Å². The maximum Gasteiger partial charge on any atom is 0.0596 e. The van der Waals surface area contributed by atoms with Crippen LogP contribution < -0.4 is 0 Å². The van der Waals surface area contributed by atoms with E-state index in [2.05, 4.69) is 513 Å². The first-order valence-electron chi connectivity index (χ1n) is 49.9. The first-order valence-corrected chi connectivity index (χ1v) is 49.9. The molecule has 0 saturated carbocycles. The van der Waals surface area contributed by atoms with Crippen molar-refractivity contribution >= 4 is 184 Å². The van der Waals surface area contributed by atoms with Crippen molar-refractivity contribution in [2.45, 2.75) is 19.3 Å². The predicted octanol–water partition coefficient (Wildman–Crippen LogP) is 35.7. The number of hydrogen-bond acceptors (Lipinski definition) is 6. The van der Waals surface area contributed by atoms with E-state index in [0.717, 1.165) is 77.2 Å². The molecule has 6 heterocycles. The topological polar surface area (TPSA) is 92.1 Å². The van der Waals surface area contributed by atoms with E-state index in [1.54, 1.807) is 0 Å². The normalized spacial score (nSPS) is 12.4. The Balaban J connectivity index is 0.000000104. The lowest BCUT2D eigenvalue weighted by atomic mass is 9.81. The van der Waals surface area contributed by atoms with Crippen LogP contribution >= 0.6 is 0 Å². The fraction of sp³-hybridized carbons (Fsp3) is 0.0219. The Morgan fingerprint density at radius 1 is 0.144 bits per heavy atom. The molecule has 0 atom stereocenters. The van der Waals surface area contributed by atoms with Gasteiger partial charge in [-0.25, -0.2) is 0 Å². The second kappa shape index (κ2) is 33.5. The van der Waals surface area contributed by atoms with E-state index >= 15 is 0 Å². The number of hydrogen-bond donors (Lipinski definition) is 0. The third-order valence-corrected chi connectivity index (χ3v) is 31.1. The molecule has 9 heteroatoms. The van der Waals surface area contributed by atoms with Crippen molar-refractivity contribution in [1.82, 2.24) is 44.3 Å². The molecule has 0 saturated heterocycles. The molecule has 0 radical (unpaired) electrons. The summed E-state index contributed by atoms with van der Waals surface area (Å²) in [6.07, 6.45) is 11.5. The molecule has 0 spiro atoms. The summed E-state index contributed by atoms with van der Waals surface area (Å²) in [5.74, 6) is 0. The summed E-state index contributed by atoms with van der Waals surface area (Å²) in [5, 5.41) is 60.1. The Morgan fingerprint density at radius 3 is 1.00 bits per heavy atom. The van der Waals surface area contributed by atoms with Gasteiger partial charge in [-0.1, -0.05) is 366 Å². The summed E-state index contributed by atoms with van der Waals surface area (Å²) in [6, 6.07) is 166. The lowest BCUT2D eigenvalue weighted by Gasteiger charge is -2.22. The smallest absolute Gasteiger partial charge is 0.0596 e. The SMILES string of the molecule is CC1(C)c2ccccc2-c2ccc(-c3ccc4c(c3)c3cc5ccccc5cc3n4-c3ccc(-c4cccc5ccccc45)c4cnncc34)cc21.c1ccc(-c2ccc3c(c2)c2cc4ccccc4cc2n3-c2ccc(-c3ccc4c(ccc5ccccc54)c3)c3cnncc23)cc1.c1ccc(-c2ccc3c4cc5ccccc5cc4n(-c4ccc(-c5ccc6ccc7ccccc7c6c5)c5cnncc45)c3c2)cc1. The molecule has 6 aromatic heterocycles. The average molecular weight is 1860 g/mol. The summed E-state index contributed by atoms with van der Waals surface area (Å²) in [5.41, 5.74) is 30.0. The Morgan fingerprint density at radius 2 is 0.452 bits per heavy atom. The highest BCUT2D eigenvalue weighted by Crippen LogP contribution is 2.52. The zero-order valence-corrected chi connectivity index (χ0v) is 79.8. The minimum atomic E-state index is -0.0525. The van der Waals surface area contributed by atoms with Crippen LogP contribution in [0.1, 0.15) is 25.0 Å². The van der Waals surface area contributed by atoms with Gasteiger partial charge in [-0.3, -0.25) is 0 Å². The first kappa shape index (κ1) is 83.7. The highest BCUT2D eigenvalue weighted by atomic mass is 15.1. The van der Waals surface area contributed by atoms with Crippen LogP contribution in [0.2, 0.25) is 0 Å². The maximum atomic E-state index is 4.44. The van der Waals surface area contributed by atoms with Gasteiger partial charge in [0.2, 0.25) is 0 Å². The quantitative estimate of drug-likeness (QED) is 0.134. The molecule has 0 unspecified atom stereocenters. The molecule has 680 valence electrons. The van der Waals surface area contributed by atoms with Gasteiger partial charge in [-0.2, -0.15) is 30.6 Å². The van der Waals surface area contributed by atoms with E-state index in [-0.39, 0.29) is 5.41 Å². The van der Waals surface area contributed by atoms with Gasteiger partial charge in [0, 0.05) is 70.0 Å². The molecule has 146 heavy (non-hydrogen) atoms. The van der Waals surface area contributed by atoms with Crippen molar-refractivity contribution in [2.24, 2.45) is 0 Å². The Hall–Kier alpha value is -19.2. The van der Waals surface area contributed by atoms with Crippen LogP contribution in [0.15, 0.2) is 492 Å². The molecule has 0 bridgehead atoms. The summed E-state index contributed by atoms with van der Waals surface area (Å²) in [7, 11) is 0. The lowest BCUT2D eigenvalue weighted by molar-refractivity contribution is 0.660. The van der Waals surface area contributed by atoms with Crippen LogP contribution in [-0.2, 0) is 5.41 Å². The molecular formula is C137H87N9. The first-order chi connectivity index (χ1) is 72.1. The molecule has 0 aliphatic heterocycles. The number of aromatic nitrogens is 9. The minimum Gasteiger partial charge on any atom is -0.309 e. The third kappa shape index (κ3) is 13.5. The number of benzene rings is 24. The molecule has 1 aliphatic carbocycles. The largest absolute Gasteiger partial charge is 0.309 e. The van der Waals surface area contributed by atoms with Crippen molar-refractivity contribution in [2.75, 3.05) is 0 Å². The molecule has 0 amide bonds. The van der Waals surface area contributed by atoms with Gasteiger partial charge in [0.25, 0.3) is 0 Å². The van der Waals surface area contributed by atoms with E-state index in [4.69, 9.17) is 0 Å². The summed E-state index contributed by atoms with van der Waals surface area (Å²) < 4.78 is 7.26. The zero-order chi connectivity index (χ0) is 96.3. The van der Waals surface area contributed by atoms with Gasteiger partial charge in [0.1, 0.15) is 0 Å². The Labute approximate surface area is 839 Å². The van der Waals surface area contributed by atoms with Crippen molar-refractivity contribution in [3.8, 4) is 95.0 Å². The van der Waals surface area contributed by atoms with Gasteiger partial charge < -0.3 is 13.7 Å². The molecule has 30 aromatic rings. The molecule has 0 fully saturated rings. The maximum absolute atomic E-state index is 4.44. The van der Waals surface area contributed by atoms with E-state index in [1.807, 2.05) is 37.2 Å². The zero-order valence-electron chi connectivity index (χ0n) is 79.8. The van der Waals surface area contributed by atoms with Crippen LogP contribution in [-0.4, -0.2) is 44.3 Å². The Bertz CT molecular complexity index is 10700. The highest BCUT2D eigenvalue weighted by Gasteiger charge is 2.36. The molecule has 9 nitrogen and oxygen atoms in total. The van der Waals surface area contributed by atoms with E-state index in [9.17, 15) is 0 Å². The van der Waals surface area contributed by atoms with Gasteiger partial charge in [0.15, 0.2) is 0 Å². The summed E-state index contributed by atoms with van der Waals surface area (Å²) in [4.78, 5) is 0. The predicted molar refractivity (Wildman–Crippen MR) is 612 cm³/mol. The molecule has 0 N–H and O–H groups in total. The monoisotopic (exact) mass is 1860 g/mol. The van der Waals surface area contributed by atoms with Crippen molar-refractivity contribution in [1.29, 1.82) is 0 Å². The number of fused-ring (bicyclic) bond motifs is 25. The number of nitrogens with zero attached hydrogens (tertiary/aromatic N) is 9. The van der Waals surface area contributed by atoms with Crippen LogP contribution in [0.3, 0.4) is 0 Å². The number of rotatable bonds is 9. The molecular weight excluding hydrogens is 1770 g/mol. The summed E-state index contributed by atoms with van der Waals surface area (Å²) >= 11 is 0. The molecule has 24 aromatic carbocycles. The van der Waals surface area contributed by atoms with Gasteiger partial charge >= 0.3 is 0 Å². The van der Waals surface area contributed by atoms with Crippen LogP contribution in [0.4, 0.5) is 0 Å². The van der Waals surface area contributed by atoms with E-state index in [0.29, 0.717) is 0 Å². The van der Waals surface area contributed by atoms with Gasteiger partial charge in [-0.15, -0.1) is 0 Å². The van der Waals surface area contributed by atoms with Crippen LogP contribution in [0.5, 0.6) is 0 Å². The standard InChI is InChI=1S/C49H33N3.2C44H27N3/c1-49(2)44-17-8-7-15-38(44)39-20-18-34(26-45(39)49)33-19-22-46-40(25-33)41-24-31-11-3-4-12-32(31)27-48(41)52(46)47-23-21-37(42-28-50-51-29-43(42)47)36-16-9-13-30-10-5-6-14-35(30)36;1-2-8-28(9-3-1)32-17-20-42-38(24-32)39-23-30-11-4-5-12-31(30)25-44(39)47(42)43-21-19-37(40-26-45-46-27-41(40)43)34-16-18-36-33(22-34)15-14-29-10-6-7-13-35(29)36;1-2-8-28(9-3-1)33-18-19-37-39-22-31-11-4-5-12-32(31)24-44(39)47(43(37)25-33)42-21-20-36(40-26-45-46-27-41(40)42)34-17-16-30-15-14-29-10-6-7-13-35(29)38(30)23-34/h3-29H,1-2H3;2*1-27H. The lowest BCUT2D eigenvalue weighted by Crippen LogP contribution is -2.14. The Kier molecular flexibility index (Phi) is 19.2. The van der Waals surface area contributed by atoms with Crippen molar-refractivity contribution in [3.63, 3.8) is 0 Å². The second-order valence-corrected chi connectivity index (χ2v) is 39.3. The summed E-state index contributed by atoms with van der Waals surface area (Å²) in [6.45, 7) is 4.70. The van der Waals surface area contributed by atoms with Crippen LogP contribution in [0, 0.1) is 0 Å². The fourth-order valence-corrected chi connectivity index (χ4v) is 24.0. The highest BCUT2D eigenvalue weighted by molar-refractivity contribution is 6.22. The minimum absolute atomic E-state index is 0.0525. The van der Waals surface area contributed by atoms with E-state index in [1.165, 1.54) is 213 Å². The van der Waals surface area contributed by atoms with Gasteiger partial charge in [-0.05, 0) is 278 Å². The average Bonchev–Trinajstić information content (AvgIpc) is 1.55. The third-order valence-electron chi connectivity index (χ3n) is 31.1.